The van der Waals surface area contributed by atoms with Gasteiger partial charge in [-0.15, -0.1) is 0 Å². The van der Waals surface area contributed by atoms with E-state index in [0.29, 0.717) is 0 Å². The average molecular weight is 295 g/mol. The van der Waals surface area contributed by atoms with Gasteiger partial charge in [-0.05, 0) is 48.0 Å². The molecule has 0 amide bonds. The molecule has 4 nitrogen and oxygen atoms in total. The Balaban J connectivity index is 2.56. The van der Waals surface area contributed by atoms with Crippen LogP contribution >= 0.6 is 15.9 Å². The Kier molecular flexibility index (Phi) is 3.02. The Labute approximate surface area is 107 Å². The monoisotopic (exact) mass is 294 g/mol. The second kappa shape index (κ2) is 4.33. The van der Waals surface area contributed by atoms with E-state index in [1.165, 1.54) is 0 Å². The molecule has 88 valence electrons. The molecule has 1 heterocycles. The summed E-state index contributed by atoms with van der Waals surface area (Å²) in [6, 6.07) is 6.71. The lowest BCUT2D eigenvalue weighted by atomic mass is 10.2. The van der Waals surface area contributed by atoms with Crippen LogP contribution in [0, 0.1) is 13.8 Å². The van der Waals surface area contributed by atoms with Crippen LogP contribution in [0.4, 0.5) is 0 Å². The third-order valence-corrected chi connectivity index (χ3v) is 3.69. The summed E-state index contributed by atoms with van der Waals surface area (Å²) in [5.74, 6) is -0.938. The van der Waals surface area contributed by atoms with E-state index in [0.717, 1.165) is 21.5 Å². The van der Waals surface area contributed by atoms with Gasteiger partial charge in [0.05, 0.1) is 27.1 Å². The summed E-state index contributed by atoms with van der Waals surface area (Å²) in [6.45, 7) is 3.83. The standard InChI is InChI=1S/C12H11BrN2O2/c1-7-11(13)8(2)15(14-7)10-5-3-4-9(6-10)12(16)17/h3-6H,1-2H3,(H,16,17). The molecule has 0 atom stereocenters. The fourth-order valence-corrected chi connectivity index (χ4v) is 1.89. The topological polar surface area (TPSA) is 55.1 Å². The molecule has 0 aliphatic rings. The first-order valence-electron chi connectivity index (χ1n) is 5.06. The minimum absolute atomic E-state index is 0.256. The van der Waals surface area contributed by atoms with E-state index in [1.54, 1.807) is 22.9 Å². The fourth-order valence-electron chi connectivity index (χ4n) is 1.65. The summed E-state index contributed by atoms with van der Waals surface area (Å²) in [5.41, 5.74) is 2.83. The van der Waals surface area contributed by atoms with E-state index in [1.807, 2.05) is 19.9 Å². The molecule has 0 spiro atoms. The number of aromatic carboxylic acids is 1. The van der Waals surface area contributed by atoms with Crippen LogP contribution in [0.3, 0.4) is 0 Å². The highest BCUT2D eigenvalue weighted by Crippen LogP contribution is 2.23. The maximum absolute atomic E-state index is 10.9. The smallest absolute Gasteiger partial charge is 0.335 e. The van der Waals surface area contributed by atoms with E-state index in [-0.39, 0.29) is 5.56 Å². The molecule has 1 aromatic carbocycles. The Morgan fingerprint density at radius 3 is 2.65 bits per heavy atom. The molecule has 0 saturated heterocycles. The van der Waals surface area contributed by atoms with Crippen LogP contribution < -0.4 is 0 Å². The van der Waals surface area contributed by atoms with E-state index < -0.39 is 5.97 Å². The van der Waals surface area contributed by atoms with Gasteiger partial charge in [0, 0.05) is 0 Å². The van der Waals surface area contributed by atoms with Gasteiger partial charge in [0.1, 0.15) is 0 Å². The van der Waals surface area contributed by atoms with Crippen molar-refractivity contribution in [3.8, 4) is 5.69 Å². The highest BCUT2D eigenvalue weighted by molar-refractivity contribution is 9.10. The lowest BCUT2D eigenvalue weighted by Crippen LogP contribution is -2.02. The molecule has 0 unspecified atom stereocenters. The predicted molar refractivity (Wildman–Crippen MR) is 67.7 cm³/mol. The van der Waals surface area contributed by atoms with Gasteiger partial charge >= 0.3 is 5.97 Å². The van der Waals surface area contributed by atoms with Crippen molar-refractivity contribution in [1.29, 1.82) is 0 Å². The van der Waals surface area contributed by atoms with Gasteiger partial charge in [0.2, 0.25) is 0 Å². The van der Waals surface area contributed by atoms with Crippen LogP contribution in [0.5, 0.6) is 0 Å². The van der Waals surface area contributed by atoms with Gasteiger partial charge in [0.15, 0.2) is 0 Å². The van der Waals surface area contributed by atoms with Gasteiger partial charge in [-0.1, -0.05) is 6.07 Å². The maximum atomic E-state index is 10.9. The highest BCUT2D eigenvalue weighted by atomic mass is 79.9. The Bertz CT molecular complexity index is 590. The minimum Gasteiger partial charge on any atom is -0.478 e. The van der Waals surface area contributed by atoms with Crippen molar-refractivity contribution >= 4 is 21.9 Å². The summed E-state index contributed by atoms with van der Waals surface area (Å²) in [7, 11) is 0. The Hall–Kier alpha value is -1.62. The number of rotatable bonds is 2. The van der Waals surface area contributed by atoms with Crippen molar-refractivity contribution in [3.05, 3.63) is 45.7 Å². The SMILES string of the molecule is Cc1nn(-c2cccc(C(=O)O)c2)c(C)c1Br. The number of aromatic nitrogens is 2. The van der Waals surface area contributed by atoms with Crippen LogP contribution in [0.1, 0.15) is 21.7 Å². The first-order valence-corrected chi connectivity index (χ1v) is 5.85. The van der Waals surface area contributed by atoms with E-state index in [9.17, 15) is 4.79 Å². The molecule has 0 bridgehead atoms. The van der Waals surface area contributed by atoms with Gasteiger partial charge in [-0.3, -0.25) is 0 Å². The molecule has 0 aliphatic carbocycles. The number of halogens is 1. The molecular weight excluding hydrogens is 284 g/mol. The van der Waals surface area contributed by atoms with Crippen molar-refractivity contribution in [2.24, 2.45) is 0 Å². The number of benzene rings is 1. The summed E-state index contributed by atoms with van der Waals surface area (Å²) < 4.78 is 2.67. The van der Waals surface area contributed by atoms with Crippen LogP contribution in [0.25, 0.3) is 5.69 Å². The average Bonchev–Trinajstić information content (AvgIpc) is 2.57. The summed E-state index contributed by atoms with van der Waals surface area (Å²) in [6.07, 6.45) is 0. The molecule has 0 radical (unpaired) electrons. The van der Waals surface area contributed by atoms with Crippen molar-refractivity contribution in [1.82, 2.24) is 9.78 Å². The zero-order valence-electron chi connectivity index (χ0n) is 9.44. The zero-order valence-corrected chi connectivity index (χ0v) is 11.0. The lowest BCUT2D eigenvalue weighted by Gasteiger charge is -2.05. The number of carbonyl (C=O) groups is 1. The molecule has 2 rings (SSSR count). The molecule has 0 fully saturated rings. The number of aryl methyl sites for hydroxylation is 1. The van der Waals surface area contributed by atoms with E-state index in [4.69, 9.17) is 5.11 Å². The molecule has 2 aromatic rings. The van der Waals surface area contributed by atoms with Crippen LogP contribution in [-0.4, -0.2) is 20.9 Å². The van der Waals surface area contributed by atoms with Gasteiger partial charge in [0.25, 0.3) is 0 Å². The maximum Gasteiger partial charge on any atom is 0.335 e. The first kappa shape index (κ1) is 11.9. The first-order chi connectivity index (χ1) is 8.00. The van der Waals surface area contributed by atoms with Crippen LogP contribution in [-0.2, 0) is 0 Å². The second-order valence-electron chi connectivity index (χ2n) is 3.75. The largest absolute Gasteiger partial charge is 0.478 e. The number of hydrogen-bond donors (Lipinski definition) is 1. The molecule has 0 saturated carbocycles. The lowest BCUT2D eigenvalue weighted by molar-refractivity contribution is 0.0697. The second-order valence-corrected chi connectivity index (χ2v) is 4.55. The van der Waals surface area contributed by atoms with E-state index in [2.05, 4.69) is 21.0 Å². The number of hydrogen-bond acceptors (Lipinski definition) is 2. The minimum atomic E-state index is -0.938. The summed E-state index contributed by atoms with van der Waals surface area (Å²) in [4.78, 5) is 10.9. The summed E-state index contributed by atoms with van der Waals surface area (Å²) in [5, 5.41) is 13.3. The fraction of sp³-hybridized carbons (Fsp3) is 0.167. The van der Waals surface area contributed by atoms with Crippen molar-refractivity contribution in [2.45, 2.75) is 13.8 Å². The van der Waals surface area contributed by atoms with E-state index >= 15 is 0 Å². The van der Waals surface area contributed by atoms with Gasteiger partial charge < -0.3 is 5.11 Å². The normalized spacial score (nSPS) is 10.5. The number of carboxylic acids is 1. The Morgan fingerprint density at radius 2 is 2.12 bits per heavy atom. The van der Waals surface area contributed by atoms with Gasteiger partial charge in [-0.25, -0.2) is 9.48 Å². The third-order valence-electron chi connectivity index (χ3n) is 2.54. The molecule has 1 aromatic heterocycles. The quantitative estimate of drug-likeness (QED) is 0.926. The molecule has 17 heavy (non-hydrogen) atoms. The van der Waals surface area contributed by atoms with Crippen molar-refractivity contribution < 1.29 is 9.90 Å². The molecule has 5 heteroatoms. The third kappa shape index (κ3) is 2.10. The van der Waals surface area contributed by atoms with Gasteiger partial charge in [-0.2, -0.15) is 5.10 Å². The van der Waals surface area contributed by atoms with Crippen LogP contribution in [0.2, 0.25) is 0 Å². The predicted octanol–water partition coefficient (Wildman–Crippen LogP) is 2.95. The molecule has 1 N–H and O–H groups in total. The number of carboxylic acid groups (broad SMARTS) is 1. The van der Waals surface area contributed by atoms with Crippen molar-refractivity contribution in [3.63, 3.8) is 0 Å². The molecule has 0 aliphatic heterocycles. The molecular formula is C12H11BrN2O2. The van der Waals surface area contributed by atoms with Crippen LogP contribution in [0.15, 0.2) is 28.7 Å². The number of nitrogens with zero attached hydrogens (tertiary/aromatic N) is 2. The highest BCUT2D eigenvalue weighted by Gasteiger charge is 2.11. The van der Waals surface area contributed by atoms with Crippen molar-refractivity contribution in [2.75, 3.05) is 0 Å². The Morgan fingerprint density at radius 1 is 1.41 bits per heavy atom. The zero-order chi connectivity index (χ0) is 12.6. The summed E-state index contributed by atoms with van der Waals surface area (Å²) >= 11 is 3.45.